The maximum atomic E-state index is 4.39. The van der Waals surface area contributed by atoms with E-state index in [-0.39, 0.29) is 0 Å². The van der Waals surface area contributed by atoms with Crippen LogP contribution in [0, 0.1) is 6.92 Å². The molecule has 0 unspecified atom stereocenters. The van der Waals surface area contributed by atoms with Gasteiger partial charge in [-0.15, -0.1) is 0 Å². The molecule has 0 spiro atoms. The zero-order valence-corrected chi connectivity index (χ0v) is 10.8. The molecular formula is C16H15N3. The lowest BCUT2D eigenvalue weighted by Gasteiger charge is -2.09. The Kier molecular flexibility index (Phi) is 3.11. The number of hydrogen-bond donors (Lipinski definition) is 1. The Hall–Kier alpha value is -2.42. The van der Waals surface area contributed by atoms with Crippen molar-refractivity contribution in [3.05, 3.63) is 66.2 Å². The molecule has 0 aliphatic rings. The molecule has 1 N–H and O–H groups in total. The van der Waals surface area contributed by atoms with E-state index >= 15 is 0 Å². The average Bonchev–Trinajstić information content (AvgIpc) is 2.45. The van der Waals surface area contributed by atoms with Crippen LogP contribution in [0.25, 0.3) is 10.8 Å². The molecule has 0 aliphatic heterocycles. The minimum absolute atomic E-state index is 0.706. The zero-order chi connectivity index (χ0) is 13.1. The molecule has 0 saturated heterocycles. The van der Waals surface area contributed by atoms with Crippen molar-refractivity contribution in [3.63, 3.8) is 0 Å². The lowest BCUT2D eigenvalue weighted by atomic mass is 10.1. The number of nitrogens with zero attached hydrogens (tertiary/aromatic N) is 2. The molecule has 0 radical (unpaired) electrons. The SMILES string of the molecule is Cc1nccc(CNc2cccc3ccccc23)n1. The summed E-state index contributed by atoms with van der Waals surface area (Å²) in [5.41, 5.74) is 2.13. The Bertz CT molecular complexity index is 702. The van der Waals surface area contributed by atoms with E-state index in [2.05, 4.69) is 57.7 Å². The van der Waals surface area contributed by atoms with Gasteiger partial charge in [0.2, 0.25) is 0 Å². The molecule has 0 saturated carbocycles. The number of fused-ring (bicyclic) bond motifs is 1. The zero-order valence-electron chi connectivity index (χ0n) is 10.8. The van der Waals surface area contributed by atoms with Crippen molar-refractivity contribution in [1.29, 1.82) is 0 Å². The molecule has 3 nitrogen and oxygen atoms in total. The van der Waals surface area contributed by atoms with Gasteiger partial charge < -0.3 is 5.32 Å². The number of rotatable bonds is 3. The summed E-state index contributed by atoms with van der Waals surface area (Å²) in [7, 11) is 0. The number of benzene rings is 2. The summed E-state index contributed by atoms with van der Waals surface area (Å²) < 4.78 is 0. The van der Waals surface area contributed by atoms with Crippen molar-refractivity contribution >= 4 is 16.5 Å². The molecule has 3 heteroatoms. The summed E-state index contributed by atoms with van der Waals surface area (Å²) in [5, 5.41) is 5.92. The quantitative estimate of drug-likeness (QED) is 0.771. The first-order chi connectivity index (χ1) is 9.33. The summed E-state index contributed by atoms with van der Waals surface area (Å²) in [6.07, 6.45) is 1.79. The standard InChI is InChI=1S/C16H15N3/c1-12-17-10-9-14(19-12)11-18-16-8-4-6-13-5-2-3-7-15(13)16/h2-10,18H,11H2,1H3. The molecule has 0 aliphatic carbocycles. The molecule has 0 fully saturated rings. The van der Waals surface area contributed by atoms with E-state index in [0.29, 0.717) is 6.54 Å². The van der Waals surface area contributed by atoms with Gasteiger partial charge in [0, 0.05) is 17.3 Å². The van der Waals surface area contributed by atoms with Crippen LogP contribution in [-0.4, -0.2) is 9.97 Å². The summed E-state index contributed by atoms with van der Waals surface area (Å²) in [6, 6.07) is 16.6. The fourth-order valence-corrected chi connectivity index (χ4v) is 2.17. The summed E-state index contributed by atoms with van der Waals surface area (Å²) >= 11 is 0. The molecule has 94 valence electrons. The number of aryl methyl sites for hydroxylation is 1. The number of anilines is 1. The fourth-order valence-electron chi connectivity index (χ4n) is 2.17. The van der Waals surface area contributed by atoms with Crippen LogP contribution in [0.4, 0.5) is 5.69 Å². The highest BCUT2D eigenvalue weighted by Crippen LogP contribution is 2.23. The van der Waals surface area contributed by atoms with Gasteiger partial charge in [-0.2, -0.15) is 0 Å². The minimum atomic E-state index is 0.706. The van der Waals surface area contributed by atoms with Gasteiger partial charge in [-0.3, -0.25) is 0 Å². The highest BCUT2D eigenvalue weighted by Gasteiger charge is 2.00. The van der Waals surface area contributed by atoms with Crippen molar-refractivity contribution in [1.82, 2.24) is 9.97 Å². The second-order valence-electron chi connectivity index (χ2n) is 4.48. The van der Waals surface area contributed by atoms with E-state index in [1.54, 1.807) is 6.20 Å². The van der Waals surface area contributed by atoms with Crippen molar-refractivity contribution in [2.75, 3.05) is 5.32 Å². The first-order valence-electron chi connectivity index (χ1n) is 6.33. The lowest BCUT2D eigenvalue weighted by molar-refractivity contribution is 0.956. The third-order valence-corrected chi connectivity index (χ3v) is 3.08. The summed E-state index contributed by atoms with van der Waals surface area (Å²) in [6.45, 7) is 2.61. The molecule has 3 rings (SSSR count). The Balaban J connectivity index is 1.86. The maximum absolute atomic E-state index is 4.39. The van der Waals surface area contributed by atoms with E-state index in [9.17, 15) is 0 Å². The molecule has 1 aromatic heterocycles. The van der Waals surface area contributed by atoms with Crippen LogP contribution < -0.4 is 5.32 Å². The van der Waals surface area contributed by atoms with Crippen LogP contribution in [0.5, 0.6) is 0 Å². The van der Waals surface area contributed by atoms with Gasteiger partial charge >= 0.3 is 0 Å². The molecule has 2 aromatic carbocycles. The number of hydrogen-bond acceptors (Lipinski definition) is 3. The molecule has 0 atom stereocenters. The highest BCUT2D eigenvalue weighted by molar-refractivity contribution is 5.93. The maximum Gasteiger partial charge on any atom is 0.125 e. The van der Waals surface area contributed by atoms with Gasteiger partial charge in [-0.05, 0) is 24.4 Å². The van der Waals surface area contributed by atoms with Crippen LogP contribution in [0.15, 0.2) is 54.7 Å². The number of nitrogens with one attached hydrogen (secondary N) is 1. The van der Waals surface area contributed by atoms with Gasteiger partial charge in [0.1, 0.15) is 5.82 Å². The van der Waals surface area contributed by atoms with Gasteiger partial charge in [-0.25, -0.2) is 9.97 Å². The monoisotopic (exact) mass is 249 g/mol. The van der Waals surface area contributed by atoms with E-state index in [4.69, 9.17) is 0 Å². The second kappa shape index (κ2) is 5.06. The molecule has 1 heterocycles. The smallest absolute Gasteiger partial charge is 0.125 e. The number of aromatic nitrogens is 2. The second-order valence-corrected chi connectivity index (χ2v) is 4.48. The van der Waals surface area contributed by atoms with Crippen molar-refractivity contribution < 1.29 is 0 Å². The van der Waals surface area contributed by atoms with E-state index in [1.807, 2.05) is 13.0 Å². The van der Waals surface area contributed by atoms with Crippen LogP contribution in [0.2, 0.25) is 0 Å². The van der Waals surface area contributed by atoms with Gasteiger partial charge in [-0.1, -0.05) is 36.4 Å². The van der Waals surface area contributed by atoms with Crippen molar-refractivity contribution in [2.45, 2.75) is 13.5 Å². The van der Waals surface area contributed by atoms with Gasteiger partial charge in [0.25, 0.3) is 0 Å². The fraction of sp³-hybridized carbons (Fsp3) is 0.125. The van der Waals surface area contributed by atoms with Crippen LogP contribution in [0.1, 0.15) is 11.5 Å². The Morgan fingerprint density at radius 2 is 1.84 bits per heavy atom. The third kappa shape index (κ3) is 2.55. The van der Waals surface area contributed by atoms with Crippen LogP contribution >= 0.6 is 0 Å². The van der Waals surface area contributed by atoms with Crippen molar-refractivity contribution in [2.24, 2.45) is 0 Å². The van der Waals surface area contributed by atoms with Gasteiger partial charge in [0.15, 0.2) is 0 Å². The third-order valence-electron chi connectivity index (χ3n) is 3.08. The normalized spacial score (nSPS) is 10.6. The Labute approximate surface area is 112 Å². The Morgan fingerprint density at radius 1 is 1.00 bits per heavy atom. The lowest BCUT2D eigenvalue weighted by Crippen LogP contribution is -2.03. The largest absolute Gasteiger partial charge is 0.379 e. The minimum Gasteiger partial charge on any atom is -0.379 e. The molecular weight excluding hydrogens is 234 g/mol. The van der Waals surface area contributed by atoms with E-state index in [0.717, 1.165) is 17.2 Å². The van der Waals surface area contributed by atoms with E-state index < -0.39 is 0 Å². The summed E-state index contributed by atoms with van der Waals surface area (Å²) in [5.74, 6) is 0.803. The van der Waals surface area contributed by atoms with Gasteiger partial charge in [0.05, 0.1) is 12.2 Å². The predicted molar refractivity (Wildman–Crippen MR) is 78.0 cm³/mol. The molecule has 3 aromatic rings. The predicted octanol–water partition coefficient (Wildman–Crippen LogP) is 3.55. The van der Waals surface area contributed by atoms with Crippen molar-refractivity contribution in [3.8, 4) is 0 Å². The first kappa shape index (κ1) is 11.7. The molecule has 19 heavy (non-hydrogen) atoms. The highest BCUT2D eigenvalue weighted by atomic mass is 14.9. The van der Waals surface area contributed by atoms with Crippen LogP contribution in [-0.2, 0) is 6.54 Å². The van der Waals surface area contributed by atoms with E-state index in [1.165, 1.54) is 10.8 Å². The molecule has 0 bridgehead atoms. The molecule has 0 amide bonds. The summed E-state index contributed by atoms with van der Waals surface area (Å²) in [4.78, 5) is 8.50. The first-order valence-corrected chi connectivity index (χ1v) is 6.33. The Morgan fingerprint density at radius 3 is 2.74 bits per heavy atom. The van der Waals surface area contributed by atoms with Crippen LogP contribution in [0.3, 0.4) is 0 Å². The topological polar surface area (TPSA) is 37.8 Å². The average molecular weight is 249 g/mol.